The van der Waals surface area contributed by atoms with E-state index in [0.29, 0.717) is 19.6 Å². The molecular formula is C8H16O4. The van der Waals surface area contributed by atoms with Crippen LogP contribution in [0, 0.1) is 0 Å². The zero-order valence-corrected chi connectivity index (χ0v) is 7.41. The summed E-state index contributed by atoms with van der Waals surface area (Å²) in [6, 6.07) is 0. The molecule has 0 fully saturated rings. The Labute approximate surface area is 72.5 Å². The summed E-state index contributed by atoms with van der Waals surface area (Å²) in [5, 5.41) is 8.41. The third kappa shape index (κ3) is 7.50. The van der Waals surface area contributed by atoms with E-state index in [1.807, 2.05) is 0 Å². The van der Waals surface area contributed by atoms with Crippen molar-refractivity contribution in [1.82, 2.24) is 0 Å². The van der Waals surface area contributed by atoms with Crippen molar-refractivity contribution in [2.45, 2.75) is 19.8 Å². The molecule has 0 atom stereocenters. The Kier molecular flexibility index (Phi) is 8.05. The molecule has 0 radical (unpaired) electrons. The molecule has 72 valence electrons. The van der Waals surface area contributed by atoms with Crippen LogP contribution in [0.4, 0.5) is 0 Å². The van der Waals surface area contributed by atoms with Crippen LogP contribution in [-0.4, -0.2) is 37.5 Å². The third-order valence-corrected chi connectivity index (χ3v) is 1.22. The van der Waals surface area contributed by atoms with Crippen molar-refractivity contribution in [1.29, 1.82) is 0 Å². The summed E-state index contributed by atoms with van der Waals surface area (Å²) >= 11 is 0. The molecule has 0 aromatic carbocycles. The van der Waals surface area contributed by atoms with Crippen molar-refractivity contribution in [3.8, 4) is 0 Å². The van der Waals surface area contributed by atoms with E-state index in [2.05, 4.69) is 4.74 Å². The van der Waals surface area contributed by atoms with Crippen LogP contribution in [0.15, 0.2) is 0 Å². The number of aliphatic hydroxyl groups excluding tert-OH is 1. The summed E-state index contributed by atoms with van der Waals surface area (Å²) in [5.74, 6) is -0.332. The lowest BCUT2D eigenvalue weighted by molar-refractivity contribution is -0.148. The molecule has 0 aliphatic carbocycles. The molecule has 1 N–H and O–H groups in total. The Balaban J connectivity index is 3.03. The topological polar surface area (TPSA) is 55.8 Å². The van der Waals surface area contributed by atoms with Crippen LogP contribution in [-0.2, 0) is 14.3 Å². The molecule has 0 rings (SSSR count). The van der Waals surface area contributed by atoms with Gasteiger partial charge in [0.2, 0.25) is 0 Å². The van der Waals surface area contributed by atoms with E-state index in [-0.39, 0.29) is 19.2 Å². The van der Waals surface area contributed by atoms with Gasteiger partial charge >= 0.3 is 5.97 Å². The molecular weight excluding hydrogens is 160 g/mol. The summed E-state index contributed by atoms with van der Waals surface area (Å²) in [5.41, 5.74) is 0. The standard InChI is InChI=1S/C8H16O4/c1-2-12-8(10)7-11-6-4-3-5-9/h9H,2-7H2,1H3. The fourth-order valence-corrected chi connectivity index (χ4v) is 0.674. The van der Waals surface area contributed by atoms with Gasteiger partial charge in [0.1, 0.15) is 6.61 Å². The molecule has 0 saturated carbocycles. The smallest absolute Gasteiger partial charge is 0.332 e. The van der Waals surface area contributed by atoms with Crippen molar-refractivity contribution < 1.29 is 19.4 Å². The summed E-state index contributed by atoms with van der Waals surface area (Å²) < 4.78 is 9.60. The molecule has 4 heteroatoms. The van der Waals surface area contributed by atoms with E-state index >= 15 is 0 Å². The van der Waals surface area contributed by atoms with Gasteiger partial charge in [0.15, 0.2) is 0 Å². The average Bonchev–Trinajstić information content (AvgIpc) is 2.05. The van der Waals surface area contributed by atoms with Crippen LogP contribution in [0.5, 0.6) is 0 Å². The number of hydrogen-bond donors (Lipinski definition) is 1. The van der Waals surface area contributed by atoms with Crippen molar-refractivity contribution in [3.63, 3.8) is 0 Å². The maximum absolute atomic E-state index is 10.7. The van der Waals surface area contributed by atoms with E-state index in [9.17, 15) is 4.79 Å². The molecule has 0 aromatic rings. The normalized spacial score (nSPS) is 9.83. The van der Waals surface area contributed by atoms with E-state index in [0.717, 1.165) is 6.42 Å². The minimum atomic E-state index is -0.332. The largest absolute Gasteiger partial charge is 0.464 e. The van der Waals surface area contributed by atoms with Gasteiger partial charge in [-0.05, 0) is 19.8 Å². The Bertz CT molecular complexity index is 114. The van der Waals surface area contributed by atoms with Crippen LogP contribution in [0.1, 0.15) is 19.8 Å². The summed E-state index contributed by atoms with van der Waals surface area (Å²) in [7, 11) is 0. The van der Waals surface area contributed by atoms with E-state index in [4.69, 9.17) is 9.84 Å². The first kappa shape index (κ1) is 11.4. The second kappa shape index (κ2) is 8.49. The monoisotopic (exact) mass is 176 g/mol. The molecule has 0 aromatic heterocycles. The number of carbonyl (C=O) groups is 1. The lowest BCUT2D eigenvalue weighted by Crippen LogP contribution is -2.12. The quantitative estimate of drug-likeness (QED) is 0.449. The highest BCUT2D eigenvalue weighted by molar-refractivity contribution is 5.70. The molecule has 0 aliphatic rings. The van der Waals surface area contributed by atoms with Crippen molar-refractivity contribution in [3.05, 3.63) is 0 Å². The Hall–Kier alpha value is -0.610. The highest BCUT2D eigenvalue weighted by atomic mass is 16.6. The van der Waals surface area contributed by atoms with E-state index in [1.165, 1.54) is 0 Å². The highest BCUT2D eigenvalue weighted by Crippen LogP contribution is 1.89. The van der Waals surface area contributed by atoms with Gasteiger partial charge in [-0.15, -0.1) is 0 Å². The Morgan fingerprint density at radius 2 is 2.17 bits per heavy atom. The second-order valence-electron chi connectivity index (χ2n) is 2.29. The van der Waals surface area contributed by atoms with Crippen molar-refractivity contribution >= 4 is 5.97 Å². The van der Waals surface area contributed by atoms with Gasteiger partial charge in [-0.25, -0.2) is 4.79 Å². The first-order valence-electron chi connectivity index (χ1n) is 4.15. The SMILES string of the molecule is CCOC(=O)COCCCCO. The highest BCUT2D eigenvalue weighted by Gasteiger charge is 1.99. The summed E-state index contributed by atoms with van der Waals surface area (Å²) in [6.07, 6.45) is 1.48. The van der Waals surface area contributed by atoms with Gasteiger partial charge < -0.3 is 14.6 Å². The van der Waals surface area contributed by atoms with Gasteiger partial charge in [-0.2, -0.15) is 0 Å². The Morgan fingerprint density at radius 3 is 2.75 bits per heavy atom. The minimum Gasteiger partial charge on any atom is -0.464 e. The predicted octanol–water partition coefficient (Wildman–Crippen LogP) is 0.339. The van der Waals surface area contributed by atoms with Gasteiger partial charge in [0, 0.05) is 13.2 Å². The fraction of sp³-hybridized carbons (Fsp3) is 0.875. The first-order chi connectivity index (χ1) is 5.81. The van der Waals surface area contributed by atoms with Gasteiger partial charge in [-0.1, -0.05) is 0 Å². The number of rotatable bonds is 7. The van der Waals surface area contributed by atoms with Crippen LogP contribution in [0.2, 0.25) is 0 Å². The molecule has 12 heavy (non-hydrogen) atoms. The molecule has 0 unspecified atom stereocenters. The van der Waals surface area contributed by atoms with E-state index in [1.54, 1.807) is 6.92 Å². The zero-order valence-electron chi connectivity index (χ0n) is 7.41. The molecule has 0 bridgehead atoms. The number of hydrogen-bond acceptors (Lipinski definition) is 4. The summed E-state index contributed by atoms with van der Waals surface area (Å²) in [4.78, 5) is 10.7. The molecule has 0 amide bonds. The van der Waals surface area contributed by atoms with Gasteiger partial charge in [-0.3, -0.25) is 0 Å². The predicted molar refractivity (Wildman–Crippen MR) is 43.8 cm³/mol. The number of carbonyl (C=O) groups excluding carboxylic acids is 1. The number of esters is 1. The average molecular weight is 176 g/mol. The number of unbranched alkanes of at least 4 members (excludes halogenated alkanes) is 1. The minimum absolute atomic E-state index is 0.0132. The Morgan fingerprint density at radius 1 is 1.42 bits per heavy atom. The van der Waals surface area contributed by atoms with Gasteiger partial charge in [0.05, 0.1) is 6.61 Å². The fourth-order valence-electron chi connectivity index (χ4n) is 0.674. The third-order valence-electron chi connectivity index (χ3n) is 1.22. The number of ether oxygens (including phenoxy) is 2. The molecule has 4 nitrogen and oxygen atoms in total. The van der Waals surface area contributed by atoms with Crippen LogP contribution >= 0.6 is 0 Å². The van der Waals surface area contributed by atoms with E-state index < -0.39 is 0 Å². The van der Waals surface area contributed by atoms with Crippen molar-refractivity contribution in [2.24, 2.45) is 0 Å². The first-order valence-corrected chi connectivity index (χ1v) is 4.15. The van der Waals surface area contributed by atoms with Crippen molar-refractivity contribution in [2.75, 3.05) is 26.4 Å². The van der Waals surface area contributed by atoms with Crippen LogP contribution in [0.3, 0.4) is 0 Å². The molecule has 0 saturated heterocycles. The molecule has 0 heterocycles. The van der Waals surface area contributed by atoms with Crippen LogP contribution in [0.25, 0.3) is 0 Å². The van der Waals surface area contributed by atoms with Crippen LogP contribution < -0.4 is 0 Å². The zero-order chi connectivity index (χ0) is 9.23. The van der Waals surface area contributed by atoms with Gasteiger partial charge in [0.25, 0.3) is 0 Å². The lowest BCUT2D eigenvalue weighted by atomic mass is 10.3. The second-order valence-corrected chi connectivity index (χ2v) is 2.29. The molecule has 0 spiro atoms. The lowest BCUT2D eigenvalue weighted by Gasteiger charge is -2.02. The maximum atomic E-state index is 10.7. The molecule has 0 aliphatic heterocycles. The maximum Gasteiger partial charge on any atom is 0.332 e. The summed E-state index contributed by atoms with van der Waals surface area (Å²) in [6.45, 7) is 2.82. The number of aliphatic hydroxyl groups is 1.